The van der Waals surface area contributed by atoms with Gasteiger partial charge in [0.1, 0.15) is 11.1 Å². The predicted molar refractivity (Wildman–Crippen MR) is 74.8 cm³/mol. The molecule has 1 heterocycles. The Morgan fingerprint density at radius 2 is 2.11 bits per heavy atom. The minimum absolute atomic E-state index is 0.176. The molecule has 0 aliphatic carbocycles. The summed E-state index contributed by atoms with van der Waals surface area (Å²) in [7, 11) is 1.66. The average Bonchev–Trinajstić information content (AvgIpc) is 2.78. The molecule has 1 aliphatic rings. The van der Waals surface area contributed by atoms with Crippen molar-refractivity contribution in [2.75, 3.05) is 19.4 Å². The third-order valence-corrected chi connectivity index (χ3v) is 4.38. The number of hydrogen-bond acceptors (Lipinski definition) is 3. The van der Waals surface area contributed by atoms with Crippen molar-refractivity contribution in [2.24, 2.45) is 0 Å². The zero-order valence-corrected chi connectivity index (χ0v) is 11.7. The fourth-order valence-corrected chi connectivity index (χ4v) is 3.29. The van der Waals surface area contributed by atoms with Gasteiger partial charge in [-0.2, -0.15) is 0 Å². The van der Waals surface area contributed by atoms with E-state index < -0.39 is 0 Å². The molecule has 1 amide bonds. The van der Waals surface area contributed by atoms with Gasteiger partial charge in [-0.1, -0.05) is 25.5 Å². The molecule has 1 aromatic rings. The third kappa shape index (κ3) is 2.80. The minimum atomic E-state index is 0.176. The van der Waals surface area contributed by atoms with Crippen LogP contribution < -0.4 is 4.74 Å². The number of methoxy groups -OCH3 is 1. The number of carbonyl (C=O) groups excluding carboxylic acids is 1. The molecule has 0 bridgehead atoms. The number of amides is 1. The van der Waals surface area contributed by atoms with Crippen molar-refractivity contribution in [3.05, 3.63) is 29.8 Å². The maximum atomic E-state index is 11.9. The fraction of sp³-hybridized carbons (Fsp3) is 0.500. The molecule has 1 saturated heterocycles. The summed E-state index contributed by atoms with van der Waals surface area (Å²) in [5, 5.41) is 0.176. The van der Waals surface area contributed by atoms with Crippen LogP contribution in [0.15, 0.2) is 24.3 Å². The van der Waals surface area contributed by atoms with Crippen LogP contribution in [0.25, 0.3) is 0 Å². The van der Waals surface area contributed by atoms with E-state index in [2.05, 4.69) is 6.92 Å². The van der Waals surface area contributed by atoms with Crippen LogP contribution in [0.2, 0.25) is 0 Å². The SMILES string of the molecule is CCCCN1C(=O)CSC1c1ccc(OC)cc1. The summed E-state index contributed by atoms with van der Waals surface area (Å²) in [6, 6.07) is 8.01. The van der Waals surface area contributed by atoms with Gasteiger partial charge in [-0.15, -0.1) is 11.8 Å². The number of hydrogen-bond donors (Lipinski definition) is 0. The third-order valence-electron chi connectivity index (χ3n) is 3.12. The molecule has 0 spiro atoms. The van der Waals surface area contributed by atoms with E-state index in [0.29, 0.717) is 5.75 Å². The molecule has 1 unspecified atom stereocenters. The summed E-state index contributed by atoms with van der Waals surface area (Å²) < 4.78 is 5.16. The zero-order chi connectivity index (χ0) is 13.0. The molecule has 18 heavy (non-hydrogen) atoms. The highest BCUT2D eigenvalue weighted by Crippen LogP contribution is 2.39. The maximum absolute atomic E-state index is 11.9. The van der Waals surface area contributed by atoms with Gasteiger partial charge < -0.3 is 9.64 Å². The van der Waals surface area contributed by atoms with Crippen LogP contribution >= 0.6 is 11.8 Å². The second kappa shape index (κ2) is 6.14. The monoisotopic (exact) mass is 265 g/mol. The Morgan fingerprint density at radius 3 is 2.72 bits per heavy atom. The number of thioether (sulfide) groups is 1. The summed E-state index contributed by atoms with van der Waals surface area (Å²) in [5.74, 6) is 1.71. The lowest BCUT2D eigenvalue weighted by Crippen LogP contribution is -2.29. The smallest absolute Gasteiger partial charge is 0.233 e. The van der Waals surface area contributed by atoms with Gasteiger partial charge in [0, 0.05) is 6.54 Å². The van der Waals surface area contributed by atoms with E-state index >= 15 is 0 Å². The zero-order valence-electron chi connectivity index (χ0n) is 10.9. The lowest BCUT2D eigenvalue weighted by molar-refractivity contribution is -0.128. The second-order valence-corrected chi connectivity index (χ2v) is 5.45. The van der Waals surface area contributed by atoms with Gasteiger partial charge in [0.05, 0.1) is 12.9 Å². The largest absolute Gasteiger partial charge is 0.497 e. The first-order valence-corrected chi connectivity index (χ1v) is 7.36. The van der Waals surface area contributed by atoms with Crippen molar-refractivity contribution in [1.29, 1.82) is 0 Å². The van der Waals surface area contributed by atoms with E-state index in [1.807, 2.05) is 29.2 Å². The Balaban J connectivity index is 2.12. The van der Waals surface area contributed by atoms with Crippen LogP contribution in [0.5, 0.6) is 5.75 Å². The molecule has 2 rings (SSSR count). The van der Waals surface area contributed by atoms with E-state index in [-0.39, 0.29) is 11.3 Å². The molecule has 4 heteroatoms. The lowest BCUT2D eigenvalue weighted by Gasteiger charge is -2.24. The van der Waals surface area contributed by atoms with Gasteiger partial charge in [-0.3, -0.25) is 4.79 Å². The summed E-state index contributed by atoms with van der Waals surface area (Å²) in [6.07, 6.45) is 2.18. The van der Waals surface area contributed by atoms with Gasteiger partial charge in [-0.25, -0.2) is 0 Å². The van der Waals surface area contributed by atoms with Crippen molar-refractivity contribution in [3.8, 4) is 5.75 Å². The molecule has 0 aromatic heterocycles. The van der Waals surface area contributed by atoms with Crippen LogP contribution in [0.1, 0.15) is 30.7 Å². The highest BCUT2D eigenvalue weighted by molar-refractivity contribution is 8.00. The normalized spacial score (nSPS) is 19.3. The van der Waals surface area contributed by atoms with E-state index in [0.717, 1.165) is 25.1 Å². The van der Waals surface area contributed by atoms with Crippen LogP contribution in [-0.2, 0) is 4.79 Å². The number of unbranched alkanes of at least 4 members (excludes halogenated alkanes) is 1. The Morgan fingerprint density at radius 1 is 1.39 bits per heavy atom. The van der Waals surface area contributed by atoms with E-state index in [1.165, 1.54) is 5.56 Å². The molecule has 3 nitrogen and oxygen atoms in total. The molecular formula is C14H19NO2S. The van der Waals surface area contributed by atoms with Gasteiger partial charge in [0.25, 0.3) is 0 Å². The summed E-state index contributed by atoms with van der Waals surface area (Å²) in [5.41, 5.74) is 1.18. The summed E-state index contributed by atoms with van der Waals surface area (Å²) >= 11 is 1.71. The summed E-state index contributed by atoms with van der Waals surface area (Å²) in [4.78, 5) is 13.9. The van der Waals surface area contributed by atoms with Crippen molar-refractivity contribution in [3.63, 3.8) is 0 Å². The van der Waals surface area contributed by atoms with E-state index in [4.69, 9.17) is 4.74 Å². The van der Waals surface area contributed by atoms with Gasteiger partial charge in [-0.05, 0) is 24.1 Å². The molecule has 0 N–H and O–H groups in total. The molecule has 98 valence electrons. The highest BCUT2D eigenvalue weighted by atomic mass is 32.2. The average molecular weight is 265 g/mol. The number of benzene rings is 1. The first kappa shape index (κ1) is 13.3. The molecule has 1 atom stereocenters. The second-order valence-electron chi connectivity index (χ2n) is 4.38. The fourth-order valence-electron chi connectivity index (χ4n) is 2.07. The number of carbonyl (C=O) groups is 1. The number of nitrogens with zero attached hydrogens (tertiary/aromatic N) is 1. The molecule has 0 saturated carbocycles. The standard InChI is InChI=1S/C14H19NO2S/c1-3-4-9-15-13(16)10-18-14(15)11-5-7-12(17-2)8-6-11/h5-8,14H,3-4,9-10H2,1-2H3. The van der Waals surface area contributed by atoms with Crippen LogP contribution in [0.4, 0.5) is 0 Å². The summed E-state index contributed by atoms with van der Waals surface area (Å²) in [6.45, 7) is 3.01. The lowest BCUT2D eigenvalue weighted by atomic mass is 10.2. The molecule has 1 fully saturated rings. The van der Waals surface area contributed by atoms with Crippen LogP contribution in [-0.4, -0.2) is 30.2 Å². The first-order valence-electron chi connectivity index (χ1n) is 6.31. The van der Waals surface area contributed by atoms with Crippen molar-refractivity contribution in [2.45, 2.75) is 25.1 Å². The molecule has 1 aliphatic heterocycles. The number of rotatable bonds is 5. The Labute approximate surface area is 113 Å². The number of ether oxygens (including phenoxy) is 1. The molecular weight excluding hydrogens is 246 g/mol. The topological polar surface area (TPSA) is 29.5 Å². The van der Waals surface area contributed by atoms with E-state index in [9.17, 15) is 4.79 Å². The van der Waals surface area contributed by atoms with Gasteiger partial charge in [0.15, 0.2) is 0 Å². The highest BCUT2D eigenvalue weighted by Gasteiger charge is 2.31. The molecule has 0 radical (unpaired) electrons. The minimum Gasteiger partial charge on any atom is -0.497 e. The van der Waals surface area contributed by atoms with Crippen molar-refractivity contribution in [1.82, 2.24) is 4.90 Å². The maximum Gasteiger partial charge on any atom is 0.233 e. The Bertz CT molecular complexity index is 405. The predicted octanol–water partition coefficient (Wildman–Crippen LogP) is 3.07. The van der Waals surface area contributed by atoms with Crippen molar-refractivity contribution < 1.29 is 9.53 Å². The Hall–Kier alpha value is -1.16. The first-order chi connectivity index (χ1) is 8.76. The Kier molecular flexibility index (Phi) is 4.53. The van der Waals surface area contributed by atoms with E-state index in [1.54, 1.807) is 18.9 Å². The van der Waals surface area contributed by atoms with Crippen molar-refractivity contribution >= 4 is 17.7 Å². The quantitative estimate of drug-likeness (QED) is 0.819. The van der Waals surface area contributed by atoms with Gasteiger partial charge >= 0.3 is 0 Å². The van der Waals surface area contributed by atoms with Crippen LogP contribution in [0, 0.1) is 0 Å². The van der Waals surface area contributed by atoms with Crippen LogP contribution in [0.3, 0.4) is 0 Å². The van der Waals surface area contributed by atoms with Gasteiger partial charge in [0.2, 0.25) is 5.91 Å². The molecule has 1 aromatic carbocycles.